The number of nitrogens with two attached hydrogens (primary N) is 1. The number of hydrogen-bond acceptors (Lipinski definition) is 2. The van der Waals surface area contributed by atoms with E-state index in [0.717, 1.165) is 28.3 Å². The highest BCUT2D eigenvalue weighted by Crippen LogP contribution is 2.18. The van der Waals surface area contributed by atoms with Gasteiger partial charge in [-0.15, -0.1) is 0 Å². The molecule has 0 bridgehead atoms. The van der Waals surface area contributed by atoms with Crippen molar-refractivity contribution < 1.29 is 0 Å². The number of guanidine groups is 1. The number of hydrogen-bond donors (Lipinski definition) is 2. The Morgan fingerprint density at radius 3 is 2.48 bits per heavy atom. The maximum absolute atomic E-state index is 6.03. The molecule has 0 atom stereocenters. The number of aryl methyl sites for hydroxylation is 3. The molecule has 0 saturated heterocycles. The second-order valence-corrected chi connectivity index (χ2v) is 6.16. The monoisotopic (exact) mass is 333 g/mol. The molecule has 0 saturated carbocycles. The van der Waals surface area contributed by atoms with Gasteiger partial charge in [0.05, 0.1) is 17.9 Å². The molecular weight excluding hydrogens is 310 g/mol. The third kappa shape index (κ3) is 4.07. The SMILES string of the molecule is Cc1ccc(NC(N)=NCc2ccccc2-n2nc(C)cc2C)cc1. The van der Waals surface area contributed by atoms with E-state index in [1.54, 1.807) is 0 Å². The third-order valence-corrected chi connectivity index (χ3v) is 3.97. The molecule has 0 aliphatic carbocycles. The molecule has 0 unspecified atom stereocenters. The molecule has 1 aromatic heterocycles. The van der Waals surface area contributed by atoms with Gasteiger partial charge in [-0.1, -0.05) is 35.9 Å². The number of aromatic nitrogens is 2. The quantitative estimate of drug-likeness (QED) is 0.565. The Morgan fingerprint density at radius 1 is 1.08 bits per heavy atom. The minimum absolute atomic E-state index is 0.395. The van der Waals surface area contributed by atoms with Crippen LogP contribution in [0.1, 0.15) is 22.5 Å². The van der Waals surface area contributed by atoms with Gasteiger partial charge in [-0.25, -0.2) is 9.67 Å². The Bertz CT molecular complexity index is 891. The van der Waals surface area contributed by atoms with Crippen molar-refractivity contribution >= 4 is 11.6 Å². The van der Waals surface area contributed by atoms with Gasteiger partial charge in [-0.3, -0.25) is 0 Å². The summed E-state index contributed by atoms with van der Waals surface area (Å²) in [5.41, 5.74) is 12.4. The Balaban J connectivity index is 1.79. The standard InChI is InChI=1S/C20H23N5/c1-14-8-10-18(11-9-14)23-20(21)22-13-17-6-4-5-7-19(17)25-16(3)12-15(2)24-25/h4-12H,13H2,1-3H3,(H3,21,22,23). The lowest BCUT2D eigenvalue weighted by Gasteiger charge is -2.10. The summed E-state index contributed by atoms with van der Waals surface area (Å²) in [5, 5.41) is 7.68. The van der Waals surface area contributed by atoms with Gasteiger partial charge in [0.1, 0.15) is 0 Å². The van der Waals surface area contributed by atoms with Gasteiger partial charge < -0.3 is 11.1 Å². The molecule has 0 aliphatic heterocycles. The van der Waals surface area contributed by atoms with Crippen molar-refractivity contribution in [2.24, 2.45) is 10.7 Å². The third-order valence-electron chi connectivity index (χ3n) is 3.97. The Labute approximate surface area is 148 Å². The maximum atomic E-state index is 6.03. The molecule has 3 N–H and O–H groups in total. The van der Waals surface area contributed by atoms with Gasteiger partial charge in [0.2, 0.25) is 0 Å². The van der Waals surface area contributed by atoms with Gasteiger partial charge in [-0.2, -0.15) is 5.10 Å². The highest BCUT2D eigenvalue weighted by molar-refractivity contribution is 5.92. The zero-order valence-electron chi connectivity index (χ0n) is 14.8. The van der Waals surface area contributed by atoms with Crippen LogP contribution in [-0.2, 0) is 6.54 Å². The topological polar surface area (TPSA) is 68.2 Å². The predicted octanol–water partition coefficient (Wildman–Crippen LogP) is 3.72. The van der Waals surface area contributed by atoms with Crippen LogP contribution in [0.4, 0.5) is 5.69 Å². The molecule has 3 rings (SSSR count). The molecule has 0 amide bonds. The largest absolute Gasteiger partial charge is 0.370 e. The molecule has 2 aromatic carbocycles. The molecule has 0 fully saturated rings. The van der Waals surface area contributed by atoms with Crippen LogP contribution in [-0.4, -0.2) is 15.7 Å². The molecule has 128 valence electrons. The van der Waals surface area contributed by atoms with Gasteiger partial charge in [0.15, 0.2) is 5.96 Å². The van der Waals surface area contributed by atoms with E-state index in [9.17, 15) is 0 Å². The summed E-state index contributed by atoms with van der Waals surface area (Å²) >= 11 is 0. The molecule has 5 heteroatoms. The van der Waals surface area contributed by atoms with Crippen LogP contribution >= 0.6 is 0 Å². The van der Waals surface area contributed by atoms with Gasteiger partial charge >= 0.3 is 0 Å². The fourth-order valence-corrected chi connectivity index (χ4v) is 2.72. The molecule has 0 radical (unpaired) electrons. The average Bonchev–Trinajstić information content (AvgIpc) is 2.93. The van der Waals surface area contributed by atoms with E-state index in [1.807, 2.05) is 61.0 Å². The molecule has 3 aromatic rings. The molecule has 5 nitrogen and oxygen atoms in total. The first-order valence-electron chi connectivity index (χ1n) is 8.28. The fraction of sp³-hybridized carbons (Fsp3) is 0.200. The average molecular weight is 333 g/mol. The Hall–Kier alpha value is -3.08. The van der Waals surface area contributed by atoms with E-state index < -0.39 is 0 Å². The number of aliphatic imine (C=N–C) groups is 1. The van der Waals surface area contributed by atoms with E-state index in [0.29, 0.717) is 12.5 Å². The lowest BCUT2D eigenvalue weighted by Crippen LogP contribution is -2.22. The molecule has 1 heterocycles. The van der Waals surface area contributed by atoms with Crippen molar-refractivity contribution in [2.45, 2.75) is 27.3 Å². The second kappa shape index (κ2) is 7.21. The first-order valence-corrected chi connectivity index (χ1v) is 8.28. The Morgan fingerprint density at radius 2 is 1.80 bits per heavy atom. The predicted molar refractivity (Wildman–Crippen MR) is 103 cm³/mol. The lowest BCUT2D eigenvalue weighted by atomic mass is 10.2. The van der Waals surface area contributed by atoms with Crippen LogP contribution in [0.25, 0.3) is 5.69 Å². The zero-order valence-corrected chi connectivity index (χ0v) is 14.8. The first kappa shape index (κ1) is 16.8. The second-order valence-electron chi connectivity index (χ2n) is 6.16. The van der Waals surface area contributed by atoms with Crippen LogP contribution in [0, 0.1) is 20.8 Å². The van der Waals surface area contributed by atoms with Crippen molar-refractivity contribution in [3.63, 3.8) is 0 Å². The summed E-state index contributed by atoms with van der Waals surface area (Å²) in [6.45, 7) is 6.58. The van der Waals surface area contributed by atoms with Crippen LogP contribution in [0.3, 0.4) is 0 Å². The lowest BCUT2D eigenvalue weighted by molar-refractivity contribution is 0.818. The summed E-state index contributed by atoms with van der Waals surface area (Å²) < 4.78 is 1.95. The van der Waals surface area contributed by atoms with E-state index in [-0.39, 0.29) is 0 Å². The minimum Gasteiger partial charge on any atom is -0.370 e. The van der Waals surface area contributed by atoms with Crippen molar-refractivity contribution in [1.82, 2.24) is 9.78 Å². The summed E-state index contributed by atoms with van der Waals surface area (Å²) in [5.74, 6) is 0.395. The van der Waals surface area contributed by atoms with Gasteiger partial charge in [-0.05, 0) is 50.6 Å². The minimum atomic E-state index is 0.395. The summed E-state index contributed by atoms with van der Waals surface area (Å²) in [6.07, 6.45) is 0. The summed E-state index contributed by atoms with van der Waals surface area (Å²) in [7, 11) is 0. The normalized spacial score (nSPS) is 11.6. The molecular formula is C20H23N5. The van der Waals surface area contributed by atoms with E-state index >= 15 is 0 Å². The van der Waals surface area contributed by atoms with Crippen LogP contribution < -0.4 is 11.1 Å². The number of anilines is 1. The molecule has 25 heavy (non-hydrogen) atoms. The number of rotatable bonds is 4. The van der Waals surface area contributed by atoms with E-state index in [4.69, 9.17) is 5.73 Å². The van der Waals surface area contributed by atoms with Gasteiger partial charge in [0.25, 0.3) is 0 Å². The summed E-state index contributed by atoms with van der Waals surface area (Å²) in [4.78, 5) is 4.48. The van der Waals surface area contributed by atoms with Crippen molar-refractivity contribution in [2.75, 3.05) is 5.32 Å². The number of para-hydroxylation sites is 1. The van der Waals surface area contributed by atoms with Crippen LogP contribution in [0.2, 0.25) is 0 Å². The van der Waals surface area contributed by atoms with Gasteiger partial charge in [0, 0.05) is 11.4 Å². The fourth-order valence-electron chi connectivity index (χ4n) is 2.72. The van der Waals surface area contributed by atoms with E-state index in [2.05, 4.69) is 34.5 Å². The molecule has 0 spiro atoms. The summed E-state index contributed by atoms with van der Waals surface area (Å²) in [6, 6.07) is 18.2. The zero-order chi connectivity index (χ0) is 17.8. The smallest absolute Gasteiger partial charge is 0.193 e. The van der Waals surface area contributed by atoms with Crippen molar-refractivity contribution in [3.05, 3.63) is 77.1 Å². The maximum Gasteiger partial charge on any atom is 0.193 e. The van der Waals surface area contributed by atoms with Crippen molar-refractivity contribution in [3.8, 4) is 5.69 Å². The highest BCUT2D eigenvalue weighted by atomic mass is 15.3. The van der Waals surface area contributed by atoms with Crippen LogP contribution in [0.5, 0.6) is 0 Å². The van der Waals surface area contributed by atoms with E-state index in [1.165, 1.54) is 5.56 Å². The Kier molecular flexibility index (Phi) is 4.84. The number of benzene rings is 2. The highest BCUT2D eigenvalue weighted by Gasteiger charge is 2.08. The molecule has 0 aliphatic rings. The number of nitrogens with one attached hydrogen (secondary N) is 1. The number of nitrogens with zero attached hydrogens (tertiary/aromatic N) is 3. The first-order chi connectivity index (χ1) is 12.0. The van der Waals surface area contributed by atoms with Crippen LogP contribution in [0.15, 0.2) is 59.6 Å². The van der Waals surface area contributed by atoms with Crippen molar-refractivity contribution in [1.29, 1.82) is 0 Å².